The van der Waals surface area contributed by atoms with Crippen molar-refractivity contribution in [3.8, 4) is 17.2 Å². The first kappa shape index (κ1) is 21.0. The largest absolute Gasteiger partial charge is 0.299 e. The Kier molecular flexibility index (Phi) is 5.96. The lowest BCUT2D eigenvalue weighted by Gasteiger charge is -2.35. The summed E-state index contributed by atoms with van der Waals surface area (Å²) in [6.45, 7) is 1.82. The molecule has 4 rings (SSSR count). The number of likely N-dealkylation sites (tertiary alicyclic amines) is 1. The fraction of sp³-hybridized carbons (Fsp3) is 0.409. The van der Waals surface area contributed by atoms with Crippen LogP contribution in [0.2, 0.25) is 0 Å². The van der Waals surface area contributed by atoms with Crippen molar-refractivity contribution in [2.24, 2.45) is 0 Å². The van der Waals surface area contributed by atoms with Gasteiger partial charge in [0.2, 0.25) is 0 Å². The molecule has 2 aromatic rings. The minimum absolute atomic E-state index is 0.104. The van der Waals surface area contributed by atoms with E-state index in [9.17, 15) is 17.4 Å². The normalized spacial score (nSPS) is 23.2. The third kappa shape index (κ3) is 4.43. The van der Waals surface area contributed by atoms with Crippen LogP contribution in [-0.2, 0) is 11.0 Å². The lowest BCUT2D eigenvalue weighted by molar-refractivity contribution is -0.0618. The molecule has 2 atom stereocenters. The van der Waals surface area contributed by atoms with Gasteiger partial charge in [-0.1, -0.05) is 18.2 Å². The molecule has 2 aromatic carbocycles. The average molecular weight is 433 g/mol. The van der Waals surface area contributed by atoms with Crippen molar-refractivity contribution in [3.05, 3.63) is 53.8 Å². The zero-order valence-electron chi connectivity index (χ0n) is 16.4. The monoisotopic (exact) mass is 433 g/mol. The van der Waals surface area contributed by atoms with E-state index in [0.29, 0.717) is 47.8 Å². The van der Waals surface area contributed by atoms with E-state index in [-0.39, 0.29) is 18.9 Å². The Bertz CT molecular complexity index is 980. The molecular formula is C22H22F3N3OS. The summed E-state index contributed by atoms with van der Waals surface area (Å²) >= 11 is 0. The van der Waals surface area contributed by atoms with E-state index in [2.05, 4.69) is 4.90 Å². The maximum Gasteiger partial charge on any atom is 0.250 e. The number of piperidine rings is 1. The Morgan fingerprint density at radius 2 is 1.77 bits per heavy atom. The van der Waals surface area contributed by atoms with E-state index in [1.165, 1.54) is 6.07 Å². The number of rotatable bonds is 4. The third-order valence-electron chi connectivity index (χ3n) is 5.87. The third-order valence-corrected chi connectivity index (χ3v) is 7.33. The quantitative estimate of drug-likeness (QED) is 0.726. The first-order chi connectivity index (χ1) is 14.4. The predicted molar refractivity (Wildman–Crippen MR) is 109 cm³/mol. The fourth-order valence-electron chi connectivity index (χ4n) is 4.09. The Morgan fingerprint density at radius 3 is 2.40 bits per heavy atom. The van der Waals surface area contributed by atoms with Gasteiger partial charge in [0, 0.05) is 50.6 Å². The number of hydrogen-bond donors (Lipinski definition) is 0. The molecule has 158 valence electrons. The van der Waals surface area contributed by atoms with Gasteiger partial charge in [-0.05, 0) is 36.2 Å². The van der Waals surface area contributed by atoms with Crippen LogP contribution in [0.4, 0.5) is 13.2 Å². The average Bonchev–Trinajstić information content (AvgIpc) is 3.23. The van der Waals surface area contributed by atoms with E-state index < -0.39 is 22.7 Å². The maximum absolute atomic E-state index is 14.7. The van der Waals surface area contributed by atoms with Crippen LogP contribution in [0, 0.1) is 17.1 Å². The van der Waals surface area contributed by atoms with Gasteiger partial charge in [0.25, 0.3) is 5.92 Å². The number of alkyl halides is 2. The fourth-order valence-corrected chi connectivity index (χ4v) is 5.35. The van der Waals surface area contributed by atoms with Gasteiger partial charge in [-0.15, -0.1) is 0 Å². The summed E-state index contributed by atoms with van der Waals surface area (Å²) in [7, 11) is -1.50. The lowest BCUT2D eigenvalue weighted by atomic mass is 10.0. The number of benzene rings is 2. The van der Waals surface area contributed by atoms with Crippen LogP contribution in [0.1, 0.15) is 24.8 Å². The van der Waals surface area contributed by atoms with E-state index in [1.807, 2.05) is 6.07 Å². The Balaban J connectivity index is 1.42. The Morgan fingerprint density at radius 1 is 1.07 bits per heavy atom. The highest BCUT2D eigenvalue weighted by Crippen LogP contribution is 2.31. The molecule has 2 heterocycles. The van der Waals surface area contributed by atoms with Crippen LogP contribution in [0.15, 0.2) is 47.4 Å². The second-order valence-electron chi connectivity index (χ2n) is 7.80. The topological polar surface area (TPSA) is 47.3 Å². The molecule has 2 fully saturated rings. The lowest BCUT2D eigenvalue weighted by Crippen LogP contribution is -2.46. The Hall–Kier alpha value is -2.21. The molecule has 0 saturated carbocycles. The highest BCUT2D eigenvalue weighted by Gasteiger charge is 2.38. The van der Waals surface area contributed by atoms with Gasteiger partial charge in [0.15, 0.2) is 0 Å². The minimum atomic E-state index is -2.58. The van der Waals surface area contributed by atoms with E-state index in [4.69, 9.17) is 5.26 Å². The van der Waals surface area contributed by atoms with E-state index in [0.717, 1.165) is 6.42 Å². The summed E-state index contributed by atoms with van der Waals surface area (Å²) in [4.78, 5) is 2.44. The number of nitrogens with zero attached hydrogens (tertiary/aromatic N) is 3. The number of hydrogen-bond acceptors (Lipinski definition) is 3. The first-order valence-electron chi connectivity index (χ1n) is 9.95. The van der Waals surface area contributed by atoms with Crippen molar-refractivity contribution in [1.29, 1.82) is 5.26 Å². The van der Waals surface area contributed by atoms with Crippen LogP contribution >= 0.6 is 0 Å². The van der Waals surface area contributed by atoms with Gasteiger partial charge in [-0.3, -0.25) is 4.90 Å². The van der Waals surface area contributed by atoms with Crippen molar-refractivity contribution in [2.45, 2.75) is 36.1 Å². The molecule has 0 aliphatic carbocycles. The van der Waals surface area contributed by atoms with Crippen LogP contribution in [-0.4, -0.2) is 51.6 Å². The zero-order chi connectivity index (χ0) is 21.3. The predicted octanol–water partition coefficient (Wildman–Crippen LogP) is 4.19. The molecule has 0 radical (unpaired) electrons. The van der Waals surface area contributed by atoms with E-state index >= 15 is 0 Å². The van der Waals surface area contributed by atoms with Crippen molar-refractivity contribution in [3.63, 3.8) is 0 Å². The van der Waals surface area contributed by atoms with Gasteiger partial charge < -0.3 is 0 Å². The van der Waals surface area contributed by atoms with Gasteiger partial charge in [0.05, 0.1) is 16.5 Å². The molecule has 30 heavy (non-hydrogen) atoms. The summed E-state index contributed by atoms with van der Waals surface area (Å²) in [5.74, 6) is -3.05. The summed E-state index contributed by atoms with van der Waals surface area (Å²) in [6.07, 6.45) is 0.506. The van der Waals surface area contributed by atoms with Crippen molar-refractivity contribution < 1.29 is 17.4 Å². The Labute approximate surface area is 176 Å². The summed E-state index contributed by atoms with van der Waals surface area (Å²) in [6, 6.07) is 13.3. The highest BCUT2D eigenvalue weighted by molar-refractivity contribution is 7.82. The van der Waals surface area contributed by atoms with Crippen LogP contribution in [0.25, 0.3) is 11.1 Å². The molecule has 2 aliphatic rings. The molecule has 2 unspecified atom stereocenters. The smallest absolute Gasteiger partial charge is 0.250 e. The molecule has 2 saturated heterocycles. The minimum Gasteiger partial charge on any atom is -0.299 e. The van der Waals surface area contributed by atoms with Gasteiger partial charge in [-0.25, -0.2) is 21.7 Å². The summed E-state index contributed by atoms with van der Waals surface area (Å²) < 4.78 is 56.2. The summed E-state index contributed by atoms with van der Waals surface area (Å²) in [5.41, 5.74) is 1.53. The molecule has 0 aromatic heterocycles. The standard InChI is InChI=1S/C22H22F3N3OS/c23-21-13-19(5-6-20(21)17-3-1-16(14-26)2-4-17)30(29)28-10-7-18(15-28)27-11-8-22(24,25)9-12-27/h1-6,13,18H,7-12,15H2. The van der Waals surface area contributed by atoms with Crippen molar-refractivity contribution in [2.75, 3.05) is 26.2 Å². The molecule has 2 aliphatic heterocycles. The molecule has 0 N–H and O–H groups in total. The second kappa shape index (κ2) is 8.50. The van der Waals surface area contributed by atoms with Crippen LogP contribution in [0.3, 0.4) is 0 Å². The van der Waals surface area contributed by atoms with Crippen LogP contribution in [0.5, 0.6) is 0 Å². The van der Waals surface area contributed by atoms with Gasteiger partial charge in [-0.2, -0.15) is 5.26 Å². The molecular weight excluding hydrogens is 411 g/mol. The molecule has 4 nitrogen and oxygen atoms in total. The molecule has 8 heteroatoms. The molecule has 0 spiro atoms. The highest BCUT2D eigenvalue weighted by atomic mass is 32.2. The van der Waals surface area contributed by atoms with Crippen LogP contribution < -0.4 is 0 Å². The number of nitriles is 1. The second-order valence-corrected chi connectivity index (χ2v) is 9.29. The van der Waals surface area contributed by atoms with Gasteiger partial charge in [0.1, 0.15) is 16.8 Å². The van der Waals surface area contributed by atoms with Gasteiger partial charge >= 0.3 is 0 Å². The van der Waals surface area contributed by atoms with Crippen molar-refractivity contribution in [1.82, 2.24) is 9.21 Å². The van der Waals surface area contributed by atoms with E-state index in [1.54, 1.807) is 40.7 Å². The van der Waals surface area contributed by atoms with Crippen molar-refractivity contribution >= 4 is 11.0 Å². The maximum atomic E-state index is 14.7. The molecule has 0 bridgehead atoms. The zero-order valence-corrected chi connectivity index (χ0v) is 17.2. The first-order valence-corrected chi connectivity index (χ1v) is 11.1. The molecule has 0 amide bonds. The SMILES string of the molecule is N#Cc1ccc(-c2ccc(S(=O)N3CCC(N4CCC(F)(F)CC4)C3)cc2F)cc1. The number of halogens is 3. The summed E-state index contributed by atoms with van der Waals surface area (Å²) in [5, 5.41) is 8.88.